The summed E-state index contributed by atoms with van der Waals surface area (Å²) in [5.74, 6) is 0. The van der Waals surface area contributed by atoms with Crippen LogP contribution in [0.15, 0.2) is 23.2 Å². The zero-order valence-electron chi connectivity index (χ0n) is 5.11. The van der Waals surface area contributed by atoms with Gasteiger partial charge in [-0.15, -0.1) is 0 Å². The van der Waals surface area contributed by atoms with Gasteiger partial charge >= 0.3 is 0 Å². The van der Waals surface area contributed by atoms with Gasteiger partial charge in [0.05, 0.1) is 18.1 Å². The number of hydrogen-bond acceptors (Lipinski definition) is 4. The topological polar surface area (TPSA) is 64.9 Å². The van der Waals surface area contributed by atoms with Crippen molar-refractivity contribution in [3.8, 4) is 0 Å². The molecule has 4 nitrogen and oxygen atoms in total. The van der Waals surface area contributed by atoms with Gasteiger partial charge in [-0.25, -0.2) is 4.98 Å². The summed E-state index contributed by atoms with van der Waals surface area (Å²) in [6.07, 6.45) is 4.49. The average molecular weight is 135 g/mol. The lowest BCUT2D eigenvalue weighted by Gasteiger charge is -1.88. The number of aromatic nitrogens is 2. The van der Waals surface area contributed by atoms with Crippen LogP contribution in [0.1, 0.15) is 0 Å². The third kappa shape index (κ3) is 0.556. The molecule has 0 aliphatic heterocycles. The molecule has 2 N–H and O–H groups in total. The van der Waals surface area contributed by atoms with Crippen LogP contribution in [0.4, 0.5) is 5.69 Å². The first kappa shape index (κ1) is 5.22. The number of nitrogen functional groups attached to an aromatic ring is 1. The molecule has 0 radical (unpaired) electrons. The molecule has 50 valence electrons. The number of fused-ring (bicyclic) bond motifs is 1. The van der Waals surface area contributed by atoms with Crippen molar-refractivity contribution >= 4 is 16.8 Å². The number of anilines is 1. The Labute approximate surface area is 56.7 Å². The minimum Gasteiger partial charge on any atom is -0.441 e. The Morgan fingerprint density at radius 2 is 2.30 bits per heavy atom. The monoisotopic (exact) mass is 135 g/mol. The molecule has 2 aromatic heterocycles. The van der Waals surface area contributed by atoms with Crippen molar-refractivity contribution in [3.63, 3.8) is 0 Å². The van der Waals surface area contributed by atoms with Gasteiger partial charge in [0, 0.05) is 0 Å². The van der Waals surface area contributed by atoms with Crippen LogP contribution in [-0.2, 0) is 0 Å². The van der Waals surface area contributed by atoms with Gasteiger partial charge in [-0.1, -0.05) is 0 Å². The maximum Gasteiger partial charge on any atom is 0.182 e. The second kappa shape index (κ2) is 1.70. The van der Waals surface area contributed by atoms with Crippen molar-refractivity contribution in [2.45, 2.75) is 0 Å². The summed E-state index contributed by atoms with van der Waals surface area (Å²) in [7, 11) is 0. The minimum atomic E-state index is 0.523. The Balaban J connectivity index is 2.95. The number of hydrogen-bond donors (Lipinski definition) is 1. The highest BCUT2D eigenvalue weighted by molar-refractivity contribution is 5.82. The fraction of sp³-hybridized carbons (Fsp3) is 0. The molecule has 2 aromatic rings. The van der Waals surface area contributed by atoms with Crippen LogP contribution in [0.5, 0.6) is 0 Å². The fourth-order valence-corrected chi connectivity index (χ4v) is 0.810. The van der Waals surface area contributed by atoms with E-state index in [0.29, 0.717) is 16.8 Å². The molecular formula is C6H5N3O. The molecule has 0 saturated heterocycles. The molecule has 0 atom stereocenters. The molecule has 2 rings (SSSR count). The van der Waals surface area contributed by atoms with E-state index < -0.39 is 0 Å². The van der Waals surface area contributed by atoms with Crippen LogP contribution in [-0.4, -0.2) is 9.97 Å². The molecule has 0 unspecified atom stereocenters. The lowest BCUT2D eigenvalue weighted by atomic mass is 10.4. The molecule has 0 spiro atoms. The van der Waals surface area contributed by atoms with E-state index in [1.54, 1.807) is 6.20 Å². The minimum absolute atomic E-state index is 0.523. The average Bonchev–Trinajstić information content (AvgIpc) is 2.36. The number of oxazole rings is 1. The molecule has 0 saturated carbocycles. The van der Waals surface area contributed by atoms with Crippen LogP contribution in [0.3, 0.4) is 0 Å². The molecule has 4 heteroatoms. The first-order valence-corrected chi connectivity index (χ1v) is 2.80. The van der Waals surface area contributed by atoms with Gasteiger partial charge in [0.25, 0.3) is 0 Å². The van der Waals surface area contributed by atoms with Crippen molar-refractivity contribution in [2.75, 3.05) is 5.73 Å². The van der Waals surface area contributed by atoms with Crippen LogP contribution >= 0.6 is 0 Å². The SMILES string of the molecule is Nc1cncc2ncoc12. The summed E-state index contributed by atoms with van der Waals surface area (Å²) in [6.45, 7) is 0. The van der Waals surface area contributed by atoms with Crippen LogP contribution in [0, 0.1) is 0 Å². The zero-order chi connectivity index (χ0) is 6.97. The van der Waals surface area contributed by atoms with E-state index in [9.17, 15) is 0 Å². The van der Waals surface area contributed by atoms with Crippen LogP contribution in [0.25, 0.3) is 11.1 Å². The Morgan fingerprint density at radius 3 is 3.10 bits per heavy atom. The van der Waals surface area contributed by atoms with E-state index in [-0.39, 0.29) is 0 Å². The Bertz CT molecular complexity index is 355. The standard InChI is InChI=1S/C6H5N3O/c7-4-1-8-2-5-6(4)10-3-9-5/h1-3H,7H2. The predicted octanol–water partition coefficient (Wildman–Crippen LogP) is 0.805. The Morgan fingerprint density at radius 1 is 1.40 bits per heavy atom. The number of rotatable bonds is 0. The smallest absolute Gasteiger partial charge is 0.182 e. The second-order valence-corrected chi connectivity index (χ2v) is 1.93. The maximum absolute atomic E-state index is 5.50. The first-order chi connectivity index (χ1) is 4.88. The van der Waals surface area contributed by atoms with E-state index in [2.05, 4.69) is 9.97 Å². The van der Waals surface area contributed by atoms with Crippen molar-refractivity contribution in [2.24, 2.45) is 0 Å². The molecule has 0 aliphatic carbocycles. The van der Waals surface area contributed by atoms with E-state index in [4.69, 9.17) is 10.2 Å². The van der Waals surface area contributed by atoms with E-state index in [1.807, 2.05) is 0 Å². The lowest BCUT2D eigenvalue weighted by molar-refractivity contribution is 0.603. The van der Waals surface area contributed by atoms with Gasteiger partial charge in [-0.3, -0.25) is 4.98 Å². The number of nitrogens with zero attached hydrogens (tertiary/aromatic N) is 2. The van der Waals surface area contributed by atoms with Gasteiger partial charge in [0.1, 0.15) is 5.52 Å². The summed E-state index contributed by atoms with van der Waals surface area (Å²) < 4.78 is 4.97. The van der Waals surface area contributed by atoms with Crippen molar-refractivity contribution in [1.82, 2.24) is 9.97 Å². The summed E-state index contributed by atoms with van der Waals surface area (Å²) in [4.78, 5) is 7.71. The summed E-state index contributed by atoms with van der Waals surface area (Å²) >= 11 is 0. The molecule has 0 bridgehead atoms. The molecule has 0 aromatic carbocycles. The molecule has 10 heavy (non-hydrogen) atoms. The molecule has 2 heterocycles. The van der Waals surface area contributed by atoms with Crippen LogP contribution in [0.2, 0.25) is 0 Å². The fourth-order valence-electron chi connectivity index (χ4n) is 0.810. The van der Waals surface area contributed by atoms with E-state index in [0.717, 1.165) is 0 Å². The molecule has 0 amide bonds. The largest absolute Gasteiger partial charge is 0.441 e. The van der Waals surface area contributed by atoms with Crippen LogP contribution < -0.4 is 5.73 Å². The Hall–Kier alpha value is -1.58. The van der Waals surface area contributed by atoms with Crippen molar-refractivity contribution in [1.29, 1.82) is 0 Å². The second-order valence-electron chi connectivity index (χ2n) is 1.93. The molecule has 0 aliphatic rings. The number of pyridine rings is 1. The summed E-state index contributed by atoms with van der Waals surface area (Å²) in [6, 6.07) is 0. The van der Waals surface area contributed by atoms with Gasteiger partial charge in [-0.05, 0) is 0 Å². The predicted molar refractivity (Wildman–Crippen MR) is 36.2 cm³/mol. The molecular weight excluding hydrogens is 130 g/mol. The van der Waals surface area contributed by atoms with Gasteiger partial charge in [0.15, 0.2) is 12.0 Å². The molecule has 0 fully saturated rings. The van der Waals surface area contributed by atoms with Crippen molar-refractivity contribution < 1.29 is 4.42 Å². The van der Waals surface area contributed by atoms with Gasteiger partial charge in [0.2, 0.25) is 0 Å². The third-order valence-electron chi connectivity index (χ3n) is 1.27. The highest BCUT2D eigenvalue weighted by Gasteiger charge is 1.99. The summed E-state index contributed by atoms with van der Waals surface area (Å²) in [5, 5.41) is 0. The summed E-state index contributed by atoms with van der Waals surface area (Å²) in [5.41, 5.74) is 7.33. The number of nitrogens with two attached hydrogens (primary N) is 1. The van der Waals surface area contributed by atoms with Crippen molar-refractivity contribution in [3.05, 3.63) is 18.8 Å². The normalized spacial score (nSPS) is 10.4. The Kier molecular flexibility index (Phi) is 0.887. The third-order valence-corrected chi connectivity index (χ3v) is 1.27. The van der Waals surface area contributed by atoms with Gasteiger partial charge < -0.3 is 10.2 Å². The van der Waals surface area contributed by atoms with E-state index in [1.165, 1.54) is 12.6 Å². The van der Waals surface area contributed by atoms with E-state index >= 15 is 0 Å². The zero-order valence-corrected chi connectivity index (χ0v) is 5.11. The lowest BCUT2D eigenvalue weighted by Crippen LogP contribution is -1.85. The quantitative estimate of drug-likeness (QED) is 0.580. The first-order valence-electron chi connectivity index (χ1n) is 2.80. The van der Waals surface area contributed by atoms with Gasteiger partial charge in [-0.2, -0.15) is 0 Å². The highest BCUT2D eigenvalue weighted by atomic mass is 16.3. The highest BCUT2D eigenvalue weighted by Crippen LogP contribution is 2.16. The maximum atomic E-state index is 5.50.